The van der Waals surface area contributed by atoms with Crippen LogP contribution in [-0.4, -0.2) is 34.4 Å². The lowest BCUT2D eigenvalue weighted by Gasteiger charge is -2.08. The number of thioether (sulfide) groups is 1. The third-order valence-corrected chi connectivity index (χ3v) is 3.78. The number of esters is 1. The predicted molar refractivity (Wildman–Crippen MR) is 94.4 cm³/mol. The molecule has 26 heavy (non-hydrogen) atoms. The van der Waals surface area contributed by atoms with Gasteiger partial charge in [0.1, 0.15) is 18.2 Å². The second-order valence-corrected chi connectivity index (χ2v) is 5.75. The van der Waals surface area contributed by atoms with Gasteiger partial charge in [-0.3, -0.25) is 10.1 Å². The van der Waals surface area contributed by atoms with Crippen molar-refractivity contribution in [1.29, 1.82) is 5.26 Å². The summed E-state index contributed by atoms with van der Waals surface area (Å²) in [7, 11) is 0. The van der Waals surface area contributed by atoms with E-state index in [4.69, 9.17) is 14.7 Å². The van der Waals surface area contributed by atoms with Gasteiger partial charge in [0.05, 0.1) is 18.6 Å². The van der Waals surface area contributed by atoms with E-state index in [1.807, 2.05) is 36.4 Å². The molecule has 1 N–H and O–H groups in total. The van der Waals surface area contributed by atoms with Gasteiger partial charge in [-0.15, -0.1) is 0 Å². The maximum Gasteiger partial charge on any atom is 0.413 e. The summed E-state index contributed by atoms with van der Waals surface area (Å²) in [5.41, 5.74) is 0.915. The molecular formula is C17H16N4O4S. The number of hydrogen-bond acceptors (Lipinski definition) is 8. The van der Waals surface area contributed by atoms with Crippen LogP contribution in [0.25, 0.3) is 0 Å². The number of rotatable bonds is 7. The Morgan fingerprint density at radius 3 is 2.73 bits per heavy atom. The van der Waals surface area contributed by atoms with Gasteiger partial charge in [0.25, 0.3) is 0 Å². The fraction of sp³-hybridized carbons (Fsp3) is 0.235. The van der Waals surface area contributed by atoms with Crippen molar-refractivity contribution in [2.45, 2.75) is 18.7 Å². The van der Waals surface area contributed by atoms with Gasteiger partial charge >= 0.3 is 12.1 Å². The van der Waals surface area contributed by atoms with Crippen molar-refractivity contribution in [3.8, 4) is 6.07 Å². The van der Waals surface area contributed by atoms with Crippen LogP contribution in [0, 0.1) is 11.3 Å². The van der Waals surface area contributed by atoms with E-state index < -0.39 is 12.1 Å². The van der Waals surface area contributed by atoms with Crippen LogP contribution in [0.5, 0.6) is 0 Å². The number of anilines is 1. The smallest absolute Gasteiger partial charge is 0.413 e. The highest BCUT2D eigenvalue weighted by molar-refractivity contribution is 7.99. The molecule has 1 amide bonds. The molecule has 0 bridgehead atoms. The molecule has 0 aliphatic carbocycles. The van der Waals surface area contributed by atoms with Crippen molar-refractivity contribution in [2.75, 3.05) is 17.7 Å². The summed E-state index contributed by atoms with van der Waals surface area (Å²) >= 11 is 1.04. The Bertz CT molecular complexity index is 808. The van der Waals surface area contributed by atoms with E-state index >= 15 is 0 Å². The maximum absolute atomic E-state index is 11.9. The van der Waals surface area contributed by atoms with E-state index in [1.54, 1.807) is 6.92 Å². The first-order valence-corrected chi connectivity index (χ1v) is 8.64. The highest BCUT2D eigenvalue weighted by atomic mass is 32.2. The topological polar surface area (TPSA) is 114 Å². The lowest BCUT2D eigenvalue weighted by atomic mass is 10.2. The van der Waals surface area contributed by atoms with E-state index in [-0.39, 0.29) is 35.5 Å². The zero-order valence-corrected chi connectivity index (χ0v) is 14.8. The Morgan fingerprint density at radius 2 is 2.04 bits per heavy atom. The fourth-order valence-corrected chi connectivity index (χ4v) is 2.41. The van der Waals surface area contributed by atoms with Crippen LogP contribution in [0.1, 0.15) is 18.1 Å². The van der Waals surface area contributed by atoms with Gasteiger partial charge in [-0.1, -0.05) is 42.1 Å². The van der Waals surface area contributed by atoms with Gasteiger partial charge in [0.2, 0.25) is 0 Å². The van der Waals surface area contributed by atoms with Crippen molar-refractivity contribution in [3.05, 3.63) is 47.7 Å². The number of aromatic nitrogens is 2. The molecule has 8 nitrogen and oxygen atoms in total. The van der Waals surface area contributed by atoms with E-state index in [2.05, 4.69) is 15.3 Å². The number of amides is 1. The molecule has 9 heteroatoms. The third kappa shape index (κ3) is 6.07. The molecule has 0 fully saturated rings. The average molecular weight is 372 g/mol. The number of nitrogens with zero attached hydrogens (tertiary/aromatic N) is 3. The second kappa shape index (κ2) is 10.0. The molecule has 1 aromatic carbocycles. The van der Waals surface area contributed by atoms with Gasteiger partial charge in [0.15, 0.2) is 11.0 Å². The summed E-state index contributed by atoms with van der Waals surface area (Å²) in [6.07, 6.45) is 0.526. The van der Waals surface area contributed by atoms with Crippen LogP contribution < -0.4 is 5.32 Å². The zero-order valence-electron chi connectivity index (χ0n) is 14.0. The molecule has 2 rings (SSSR count). The standard InChI is InChI=1S/C17H16N4O4S/c1-2-24-14(22)11-26-16-19-9-13(8-18)15(20-16)21-17(23)25-10-12-6-4-3-5-7-12/h3-7,9H,2,10-11H2,1H3,(H,19,20,21,23). The normalized spacial score (nSPS) is 9.85. The molecule has 2 aromatic rings. The molecule has 0 radical (unpaired) electrons. The molecule has 0 aliphatic rings. The number of hydrogen-bond donors (Lipinski definition) is 1. The molecule has 1 heterocycles. The quantitative estimate of drug-likeness (QED) is 0.448. The minimum absolute atomic E-state index is 0.0203. The lowest BCUT2D eigenvalue weighted by molar-refractivity contribution is -0.139. The summed E-state index contributed by atoms with van der Waals surface area (Å²) < 4.78 is 9.92. The third-order valence-electron chi connectivity index (χ3n) is 2.94. The largest absolute Gasteiger partial charge is 0.465 e. The Morgan fingerprint density at radius 1 is 1.27 bits per heavy atom. The van der Waals surface area contributed by atoms with Gasteiger partial charge in [-0.2, -0.15) is 5.26 Å². The van der Waals surface area contributed by atoms with Gasteiger partial charge < -0.3 is 9.47 Å². The highest BCUT2D eigenvalue weighted by Crippen LogP contribution is 2.18. The van der Waals surface area contributed by atoms with Crippen molar-refractivity contribution < 1.29 is 19.1 Å². The molecule has 0 spiro atoms. The number of nitriles is 1. The molecule has 0 aliphatic heterocycles. The molecule has 134 valence electrons. The first kappa shape index (κ1) is 19.2. The molecule has 0 unspecified atom stereocenters. The minimum atomic E-state index is -0.745. The maximum atomic E-state index is 11.9. The van der Waals surface area contributed by atoms with Crippen LogP contribution >= 0.6 is 11.8 Å². The minimum Gasteiger partial charge on any atom is -0.465 e. The van der Waals surface area contributed by atoms with Gasteiger partial charge in [-0.25, -0.2) is 14.8 Å². The van der Waals surface area contributed by atoms with Crippen molar-refractivity contribution in [2.24, 2.45) is 0 Å². The monoisotopic (exact) mass is 372 g/mol. The molecular weight excluding hydrogens is 356 g/mol. The molecule has 1 aromatic heterocycles. The summed E-state index contributed by atoms with van der Waals surface area (Å²) in [6.45, 7) is 2.08. The molecule has 0 atom stereocenters. The predicted octanol–water partition coefficient (Wildman–Crippen LogP) is 2.75. The Hall–Kier alpha value is -3.12. The Balaban J connectivity index is 1.97. The highest BCUT2D eigenvalue weighted by Gasteiger charge is 2.13. The lowest BCUT2D eigenvalue weighted by Crippen LogP contribution is -2.16. The zero-order chi connectivity index (χ0) is 18.8. The van der Waals surface area contributed by atoms with Gasteiger partial charge in [0, 0.05) is 0 Å². The number of nitrogens with one attached hydrogen (secondary N) is 1. The SMILES string of the molecule is CCOC(=O)CSc1ncc(C#N)c(NC(=O)OCc2ccccc2)n1. The fourth-order valence-electron chi connectivity index (χ4n) is 1.79. The summed E-state index contributed by atoms with van der Waals surface area (Å²) in [5, 5.41) is 11.8. The summed E-state index contributed by atoms with van der Waals surface area (Å²) in [5.74, 6) is -0.355. The van der Waals surface area contributed by atoms with E-state index in [0.717, 1.165) is 17.3 Å². The van der Waals surface area contributed by atoms with E-state index in [9.17, 15) is 9.59 Å². The first-order valence-electron chi connectivity index (χ1n) is 7.65. The van der Waals surface area contributed by atoms with Crippen molar-refractivity contribution in [3.63, 3.8) is 0 Å². The molecule has 0 saturated carbocycles. The number of benzene rings is 1. The van der Waals surface area contributed by atoms with Crippen LogP contribution in [-0.2, 0) is 20.9 Å². The van der Waals surface area contributed by atoms with E-state index in [1.165, 1.54) is 6.20 Å². The van der Waals surface area contributed by atoms with Crippen LogP contribution in [0.3, 0.4) is 0 Å². The van der Waals surface area contributed by atoms with Gasteiger partial charge in [-0.05, 0) is 12.5 Å². The first-order chi connectivity index (χ1) is 12.6. The van der Waals surface area contributed by atoms with E-state index in [0.29, 0.717) is 0 Å². The Labute approximate surface area is 154 Å². The van der Waals surface area contributed by atoms with Crippen LogP contribution in [0.4, 0.5) is 10.6 Å². The number of carbonyl (C=O) groups is 2. The Kier molecular flexibility index (Phi) is 7.39. The molecule has 0 saturated heterocycles. The van der Waals surface area contributed by atoms with Crippen LogP contribution in [0.15, 0.2) is 41.7 Å². The average Bonchev–Trinajstić information content (AvgIpc) is 2.66. The van der Waals surface area contributed by atoms with Crippen molar-refractivity contribution in [1.82, 2.24) is 9.97 Å². The number of carbonyl (C=O) groups excluding carboxylic acids is 2. The van der Waals surface area contributed by atoms with Crippen LogP contribution in [0.2, 0.25) is 0 Å². The second-order valence-electron chi connectivity index (χ2n) is 4.81. The van der Waals surface area contributed by atoms with Crippen molar-refractivity contribution >= 4 is 29.6 Å². The summed E-state index contributed by atoms with van der Waals surface area (Å²) in [6, 6.07) is 11.1. The number of ether oxygens (including phenoxy) is 2. The summed E-state index contributed by atoms with van der Waals surface area (Å²) in [4.78, 5) is 31.4.